The van der Waals surface area contributed by atoms with Crippen LogP contribution in [0.15, 0.2) is 24.3 Å². The van der Waals surface area contributed by atoms with E-state index in [1.165, 1.54) is 36.9 Å². The smallest absolute Gasteiger partial charge is 0.0574 e. The van der Waals surface area contributed by atoms with Gasteiger partial charge in [0.15, 0.2) is 0 Å². The van der Waals surface area contributed by atoms with E-state index in [4.69, 9.17) is 0 Å². The summed E-state index contributed by atoms with van der Waals surface area (Å²) in [4.78, 5) is 2.38. The largest absolute Gasteiger partial charge is 0.393 e. The maximum atomic E-state index is 9.59. The van der Waals surface area contributed by atoms with E-state index in [2.05, 4.69) is 41.4 Å². The van der Waals surface area contributed by atoms with Crippen LogP contribution in [0.3, 0.4) is 0 Å². The van der Waals surface area contributed by atoms with Crippen molar-refractivity contribution in [1.82, 2.24) is 5.32 Å². The summed E-state index contributed by atoms with van der Waals surface area (Å²) in [6.45, 7) is 4.21. The summed E-state index contributed by atoms with van der Waals surface area (Å²) in [5.74, 6) is 0. The number of rotatable bonds is 4. The van der Waals surface area contributed by atoms with Gasteiger partial charge in [0.05, 0.1) is 6.10 Å². The Morgan fingerprint density at radius 1 is 1.05 bits per heavy atom. The molecular formula is C18H28N2O. The first-order valence-corrected chi connectivity index (χ1v) is 8.51. The van der Waals surface area contributed by atoms with Gasteiger partial charge in [-0.25, -0.2) is 0 Å². The van der Waals surface area contributed by atoms with Gasteiger partial charge in [-0.2, -0.15) is 0 Å². The normalized spacial score (nSPS) is 22.7. The van der Waals surface area contributed by atoms with Crippen molar-refractivity contribution in [3.63, 3.8) is 0 Å². The van der Waals surface area contributed by atoms with E-state index in [1.54, 1.807) is 0 Å². The Balaban J connectivity index is 1.58. The molecule has 1 unspecified atom stereocenters. The number of nitrogens with one attached hydrogen (secondary N) is 1. The van der Waals surface area contributed by atoms with Gasteiger partial charge in [-0.05, 0) is 50.3 Å². The molecule has 1 saturated carbocycles. The molecule has 1 heterocycles. The zero-order valence-electron chi connectivity index (χ0n) is 13.1. The molecule has 3 rings (SSSR count). The number of benzene rings is 1. The van der Waals surface area contributed by atoms with Gasteiger partial charge in [0, 0.05) is 30.9 Å². The molecule has 2 fully saturated rings. The number of anilines is 1. The van der Waals surface area contributed by atoms with E-state index >= 15 is 0 Å². The first kappa shape index (κ1) is 14.9. The van der Waals surface area contributed by atoms with Crippen LogP contribution in [0.4, 0.5) is 5.69 Å². The second-order valence-corrected chi connectivity index (χ2v) is 6.68. The Hall–Kier alpha value is -1.06. The summed E-state index contributed by atoms with van der Waals surface area (Å²) < 4.78 is 0. The number of aliphatic hydroxyl groups is 1. The van der Waals surface area contributed by atoms with Crippen molar-refractivity contribution in [2.45, 2.75) is 63.6 Å². The van der Waals surface area contributed by atoms with Gasteiger partial charge in [0.1, 0.15) is 0 Å². The molecule has 0 radical (unpaired) electrons. The molecule has 0 aromatic heterocycles. The SMILES string of the molecule is CC(NC1CCCC1)c1ccc(N2CCC(O)CC2)cc1. The third-order valence-electron chi connectivity index (χ3n) is 5.06. The van der Waals surface area contributed by atoms with Crippen molar-refractivity contribution >= 4 is 5.69 Å². The van der Waals surface area contributed by atoms with Gasteiger partial charge >= 0.3 is 0 Å². The minimum atomic E-state index is -0.101. The van der Waals surface area contributed by atoms with Gasteiger partial charge in [-0.15, -0.1) is 0 Å². The molecule has 1 aliphatic heterocycles. The minimum Gasteiger partial charge on any atom is -0.393 e. The van der Waals surface area contributed by atoms with Crippen LogP contribution in [-0.4, -0.2) is 30.3 Å². The molecule has 21 heavy (non-hydrogen) atoms. The van der Waals surface area contributed by atoms with E-state index in [-0.39, 0.29) is 6.10 Å². The number of hydrogen-bond donors (Lipinski definition) is 2. The molecule has 2 aliphatic rings. The second kappa shape index (κ2) is 6.80. The molecule has 3 heteroatoms. The van der Waals surface area contributed by atoms with Crippen LogP contribution in [0.2, 0.25) is 0 Å². The fraction of sp³-hybridized carbons (Fsp3) is 0.667. The van der Waals surface area contributed by atoms with Crippen LogP contribution >= 0.6 is 0 Å². The van der Waals surface area contributed by atoms with Crippen LogP contribution in [0, 0.1) is 0 Å². The van der Waals surface area contributed by atoms with Gasteiger partial charge < -0.3 is 15.3 Å². The first-order chi connectivity index (χ1) is 10.2. The van der Waals surface area contributed by atoms with Crippen LogP contribution in [0.5, 0.6) is 0 Å². The molecule has 1 aromatic carbocycles. The van der Waals surface area contributed by atoms with E-state index in [0.29, 0.717) is 12.1 Å². The highest BCUT2D eigenvalue weighted by molar-refractivity contribution is 5.48. The standard InChI is InChI=1S/C18H28N2O/c1-14(19-16-4-2-3-5-16)15-6-8-17(9-7-15)20-12-10-18(21)11-13-20/h6-9,14,16,18-19,21H,2-5,10-13H2,1H3. The predicted molar refractivity (Wildman–Crippen MR) is 87.7 cm³/mol. The second-order valence-electron chi connectivity index (χ2n) is 6.68. The fourth-order valence-corrected chi connectivity index (χ4v) is 3.64. The molecule has 2 N–H and O–H groups in total. The summed E-state index contributed by atoms with van der Waals surface area (Å²) in [6, 6.07) is 10.1. The Labute approximate surface area is 128 Å². The van der Waals surface area contributed by atoms with E-state index in [0.717, 1.165) is 25.9 Å². The lowest BCUT2D eigenvalue weighted by molar-refractivity contribution is 0.145. The minimum absolute atomic E-state index is 0.101. The Morgan fingerprint density at radius 2 is 1.67 bits per heavy atom. The van der Waals surface area contributed by atoms with Crippen molar-refractivity contribution in [1.29, 1.82) is 0 Å². The molecule has 0 bridgehead atoms. The maximum absolute atomic E-state index is 9.59. The highest BCUT2D eigenvalue weighted by Crippen LogP contribution is 2.25. The van der Waals surface area contributed by atoms with Crippen molar-refractivity contribution in [3.05, 3.63) is 29.8 Å². The van der Waals surface area contributed by atoms with Crippen LogP contribution in [0.1, 0.15) is 57.1 Å². The Morgan fingerprint density at radius 3 is 2.29 bits per heavy atom. The molecule has 1 saturated heterocycles. The van der Waals surface area contributed by atoms with Gasteiger partial charge in [0.25, 0.3) is 0 Å². The molecule has 3 nitrogen and oxygen atoms in total. The lowest BCUT2D eigenvalue weighted by atomic mass is 10.0. The monoisotopic (exact) mass is 288 g/mol. The van der Waals surface area contributed by atoms with E-state index in [1.807, 2.05) is 0 Å². The Kier molecular flexibility index (Phi) is 4.81. The first-order valence-electron chi connectivity index (χ1n) is 8.51. The lowest BCUT2D eigenvalue weighted by Gasteiger charge is -2.31. The zero-order valence-corrected chi connectivity index (χ0v) is 13.1. The highest BCUT2D eigenvalue weighted by atomic mass is 16.3. The summed E-state index contributed by atoms with van der Waals surface area (Å²) in [6.07, 6.45) is 7.10. The zero-order chi connectivity index (χ0) is 14.7. The predicted octanol–water partition coefficient (Wildman–Crippen LogP) is 3.24. The summed E-state index contributed by atoms with van der Waals surface area (Å²) in [5, 5.41) is 13.3. The topological polar surface area (TPSA) is 35.5 Å². The number of hydrogen-bond acceptors (Lipinski definition) is 3. The average molecular weight is 288 g/mol. The van der Waals surface area contributed by atoms with Crippen molar-refractivity contribution in [2.75, 3.05) is 18.0 Å². The molecule has 1 aliphatic carbocycles. The Bertz CT molecular complexity index is 431. The van der Waals surface area contributed by atoms with Crippen molar-refractivity contribution in [2.24, 2.45) is 0 Å². The van der Waals surface area contributed by atoms with Gasteiger partial charge in [0.2, 0.25) is 0 Å². The number of piperidine rings is 1. The fourth-order valence-electron chi connectivity index (χ4n) is 3.64. The number of nitrogens with zero attached hydrogens (tertiary/aromatic N) is 1. The maximum Gasteiger partial charge on any atom is 0.0574 e. The van der Waals surface area contributed by atoms with Gasteiger partial charge in [-0.3, -0.25) is 0 Å². The van der Waals surface area contributed by atoms with Crippen LogP contribution in [-0.2, 0) is 0 Å². The molecule has 1 atom stereocenters. The quantitative estimate of drug-likeness (QED) is 0.893. The van der Waals surface area contributed by atoms with Crippen LogP contribution < -0.4 is 10.2 Å². The van der Waals surface area contributed by atoms with E-state index < -0.39 is 0 Å². The lowest BCUT2D eigenvalue weighted by Crippen LogP contribution is -2.35. The summed E-state index contributed by atoms with van der Waals surface area (Å²) in [5.41, 5.74) is 2.67. The molecule has 0 amide bonds. The van der Waals surface area contributed by atoms with Crippen molar-refractivity contribution < 1.29 is 5.11 Å². The molecule has 116 valence electrons. The van der Waals surface area contributed by atoms with Crippen LogP contribution in [0.25, 0.3) is 0 Å². The molecule has 0 spiro atoms. The average Bonchev–Trinajstić information content (AvgIpc) is 3.01. The third kappa shape index (κ3) is 3.78. The van der Waals surface area contributed by atoms with Crippen molar-refractivity contribution in [3.8, 4) is 0 Å². The third-order valence-corrected chi connectivity index (χ3v) is 5.06. The van der Waals surface area contributed by atoms with Gasteiger partial charge in [-0.1, -0.05) is 25.0 Å². The summed E-state index contributed by atoms with van der Waals surface area (Å²) >= 11 is 0. The molecule has 1 aromatic rings. The van der Waals surface area contributed by atoms with E-state index in [9.17, 15) is 5.11 Å². The number of aliphatic hydroxyl groups excluding tert-OH is 1. The summed E-state index contributed by atoms with van der Waals surface area (Å²) in [7, 11) is 0. The highest BCUT2D eigenvalue weighted by Gasteiger charge is 2.19. The molecular weight excluding hydrogens is 260 g/mol.